The third kappa shape index (κ3) is 3.57. The van der Waals surface area contributed by atoms with Gasteiger partial charge in [0.1, 0.15) is 5.82 Å². The quantitative estimate of drug-likeness (QED) is 0.599. The SMILES string of the molecule is O=C(CC1(N2Cc3ccccc3C2=O)CCOCC1)N1CCC[C@H](c2nnc3ccccn23)C1. The Morgan fingerprint density at radius 3 is 2.76 bits per heavy atom. The maximum atomic E-state index is 13.7. The maximum absolute atomic E-state index is 13.7. The van der Waals surface area contributed by atoms with Gasteiger partial charge >= 0.3 is 0 Å². The molecule has 3 aromatic rings. The average Bonchev–Trinajstić information content (AvgIpc) is 3.47. The highest BCUT2D eigenvalue weighted by molar-refractivity contribution is 5.99. The zero-order valence-electron chi connectivity index (χ0n) is 19.2. The fraction of sp³-hybridized carbons (Fsp3) is 0.462. The van der Waals surface area contributed by atoms with Crippen molar-refractivity contribution in [1.29, 1.82) is 0 Å². The Kier molecular flexibility index (Phi) is 5.32. The van der Waals surface area contributed by atoms with Gasteiger partial charge in [-0.3, -0.25) is 14.0 Å². The van der Waals surface area contributed by atoms with Gasteiger partial charge in [-0.1, -0.05) is 24.3 Å². The van der Waals surface area contributed by atoms with Gasteiger partial charge in [0, 0.05) is 50.5 Å². The van der Waals surface area contributed by atoms with Gasteiger partial charge in [-0.2, -0.15) is 0 Å². The smallest absolute Gasteiger partial charge is 0.254 e. The number of carbonyl (C=O) groups excluding carboxylic acids is 2. The highest BCUT2D eigenvalue weighted by Gasteiger charge is 2.47. The van der Waals surface area contributed by atoms with Gasteiger partial charge in [0.25, 0.3) is 5.91 Å². The van der Waals surface area contributed by atoms with Crippen molar-refractivity contribution >= 4 is 17.5 Å². The molecule has 2 fully saturated rings. The van der Waals surface area contributed by atoms with E-state index in [1.807, 2.05) is 62.9 Å². The molecule has 2 aromatic heterocycles. The van der Waals surface area contributed by atoms with Gasteiger partial charge in [-0.15, -0.1) is 10.2 Å². The van der Waals surface area contributed by atoms with E-state index in [-0.39, 0.29) is 17.7 Å². The van der Waals surface area contributed by atoms with Crippen LogP contribution < -0.4 is 0 Å². The Balaban J connectivity index is 1.22. The topological polar surface area (TPSA) is 80.0 Å². The number of hydrogen-bond donors (Lipinski definition) is 0. The number of ether oxygens (including phenoxy) is 1. The van der Waals surface area contributed by atoms with Crippen LogP contribution in [0.2, 0.25) is 0 Å². The predicted molar refractivity (Wildman–Crippen MR) is 125 cm³/mol. The summed E-state index contributed by atoms with van der Waals surface area (Å²) in [6.45, 7) is 3.09. The molecule has 0 radical (unpaired) electrons. The molecule has 0 N–H and O–H groups in total. The lowest BCUT2D eigenvalue weighted by Gasteiger charge is -2.45. The molecule has 8 nitrogen and oxygen atoms in total. The van der Waals surface area contributed by atoms with Crippen molar-refractivity contribution in [2.45, 2.75) is 50.1 Å². The summed E-state index contributed by atoms with van der Waals surface area (Å²) >= 11 is 0. The molecular weight excluding hydrogens is 430 g/mol. The molecular formula is C26H29N5O3. The van der Waals surface area contributed by atoms with Crippen molar-refractivity contribution in [3.8, 4) is 0 Å². The summed E-state index contributed by atoms with van der Waals surface area (Å²) in [5.74, 6) is 1.22. The second-order valence-corrected chi connectivity index (χ2v) is 9.73. The largest absolute Gasteiger partial charge is 0.381 e. The van der Waals surface area contributed by atoms with Crippen molar-refractivity contribution < 1.29 is 14.3 Å². The van der Waals surface area contributed by atoms with Crippen LogP contribution in [0.4, 0.5) is 0 Å². The minimum Gasteiger partial charge on any atom is -0.381 e. The Morgan fingerprint density at radius 2 is 1.91 bits per heavy atom. The number of piperidine rings is 1. The normalized spacial score (nSPS) is 22.2. The van der Waals surface area contributed by atoms with Crippen LogP contribution in [0.5, 0.6) is 0 Å². The average molecular weight is 460 g/mol. The third-order valence-corrected chi connectivity index (χ3v) is 7.78. The molecule has 2 amide bonds. The van der Waals surface area contributed by atoms with E-state index in [4.69, 9.17) is 4.74 Å². The first-order chi connectivity index (χ1) is 16.6. The number of fused-ring (bicyclic) bond motifs is 2. The molecule has 0 unspecified atom stereocenters. The third-order valence-electron chi connectivity index (χ3n) is 7.78. The predicted octanol–water partition coefficient (Wildman–Crippen LogP) is 3.03. The second-order valence-electron chi connectivity index (χ2n) is 9.73. The summed E-state index contributed by atoms with van der Waals surface area (Å²) in [5.41, 5.74) is 2.13. The number of rotatable bonds is 4. The molecule has 3 aliphatic heterocycles. The molecule has 1 atom stereocenters. The lowest BCUT2D eigenvalue weighted by molar-refractivity contribution is -0.137. The molecule has 3 aliphatic rings. The van der Waals surface area contributed by atoms with Crippen LogP contribution in [0, 0.1) is 0 Å². The van der Waals surface area contributed by atoms with Crippen LogP contribution in [0.1, 0.15) is 59.8 Å². The van der Waals surface area contributed by atoms with Crippen LogP contribution >= 0.6 is 0 Å². The van der Waals surface area contributed by atoms with Crippen molar-refractivity contribution in [2.24, 2.45) is 0 Å². The molecule has 2 saturated heterocycles. The number of hydrogen-bond acceptors (Lipinski definition) is 5. The zero-order valence-corrected chi connectivity index (χ0v) is 19.2. The van der Waals surface area contributed by atoms with Crippen molar-refractivity contribution in [3.05, 3.63) is 65.6 Å². The summed E-state index contributed by atoms with van der Waals surface area (Å²) in [4.78, 5) is 30.9. The van der Waals surface area contributed by atoms with E-state index in [2.05, 4.69) is 10.2 Å². The first kappa shape index (κ1) is 21.3. The molecule has 1 aromatic carbocycles. The van der Waals surface area contributed by atoms with Crippen LogP contribution in [0.25, 0.3) is 5.65 Å². The minimum atomic E-state index is -0.500. The Bertz CT molecular complexity index is 1230. The summed E-state index contributed by atoms with van der Waals surface area (Å²) < 4.78 is 7.68. The van der Waals surface area contributed by atoms with Gasteiger partial charge in [0.15, 0.2) is 5.65 Å². The molecule has 34 heavy (non-hydrogen) atoms. The highest BCUT2D eigenvalue weighted by atomic mass is 16.5. The first-order valence-corrected chi connectivity index (χ1v) is 12.2. The number of likely N-dealkylation sites (tertiary alicyclic amines) is 1. The van der Waals surface area contributed by atoms with Crippen LogP contribution in [-0.4, -0.2) is 68.1 Å². The van der Waals surface area contributed by atoms with Crippen LogP contribution in [-0.2, 0) is 16.1 Å². The van der Waals surface area contributed by atoms with Gasteiger partial charge in [0.2, 0.25) is 5.91 Å². The van der Waals surface area contributed by atoms with E-state index in [0.29, 0.717) is 45.6 Å². The number of aromatic nitrogens is 3. The molecule has 0 spiro atoms. The number of pyridine rings is 1. The molecule has 5 heterocycles. The first-order valence-electron chi connectivity index (χ1n) is 12.2. The Hall–Kier alpha value is -3.26. The fourth-order valence-electron chi connectivity index (χ4n) is 5.88. The van der Waals surface area contributed by atoms with E-state index in [0.717, 1.165) is 42.0 Å². The standard InChI is InChI=1S/C26H29N5O3/c32-23(29-12-5-7-20(17-29)24-28-27-22-9-3-4-13-30(22)24)16-26(10-14-34-15-11-26)31-18-19-6-1-2-8-21(19)25(31)33/h1-4,6,8-9,13,20H,5,7,10-12,14-18H2/t20-/m0/s1. The van der Waals surface area contributed by atoms with E-state index in [1.165, 1.54) is 0 Å². The van der Waals surface area contributed by atoms with Crippen molar-refractivity contribution in [1.82, 2.24) is 24.4 Å². The number of carbonyl (C=O) groups is 2. The monoisotopic (exact) mass is 459 g/mol. The summed E-state index contributed by atoms with van der Waals surface area (Å²) in [7, 11) is 0. The van der Waals surface area contributed by atoms with Crippen LogP contribution in [0.3, 0.4) is 0 Å². The molecule has 0 saturated carbocycles. The van der Waals surface area contributed by atoms with Gasteiger partial charge < -0.3 is 14.5 Å². The Morgan fingerprint density at radius 1 is 1.09 bits per heavy atom. The summed E-state index contributed by atoms with van der Waals surface area (Å²) in [5, 5.41) is 8.74. The number of benzene rings is 1. The van der Waals surface area contributed by atoms with E-state index >= 15 is 0 Å². The molecule has 8 heteroatoms. The molecule has 176 valence electrons. The van der Waals surface area contributed by atoms with Gasteiger partial charge in [-0.05, 0) is 49.4 Å². The van der Waals surface area contributed by atoms with Gasteiger partial charge in [-0.25, -0.2) is 0 Å². The lowest BCUT2D eigenvalue weighted by Crippen LogP contribution is -2.55. The van der Waals surface area contributed by atoms with Crippen molar-refractivity contribution in [2.75, 3.05) is 26.3 Å². The van der Waals surface area contributed by atoms with E-state index in [9.17, 15) is 9.59 Å². The number of nitrogens with zero attached hydrogens (tertiary/aromatic N) is 5. The van der Waals surface area contributed by atoms with Crippen LogP contribution in [0.15, 0.2) is 48.7 Å². The highest BCUT2D eigenvalue weighted by Crippen LogP contribution is 2.39. The summed E-state index contributed by atoms with van der Waals surface area (Å²) in [6.07, 6.45) is 5.61. The fourth-order valence-corrected chi connectivity index (χ4v) is 5.88. The van der Waals surface area contributed by atoms with E-state index < -0.39 is 5.54 Å². The second kappa shape index (κ2) is 8.51. The summed E-state index contributed by atoms with van der Waals surface area (Å²) in [6, 6.07) is 13.7. The maximum Gasteiger partial charge on any atom is 0.254 e. The zero-order chi connectivity index (χ0) is 23.1. The number of amides is 2. The molecule has 0 aliphatic carbocycles. The minimum absolute atomic E-state index is 0.0387. The lowest BCUT2D eigenvalue weighted by atomic mass is 9.83. The van der Waals surface area contributed by atoms with E-state index in [1.54, 1.807) is 0 Å². The van der Waals surface area contributed by atoms with Gasteiger partial charge in [0.05, 0.1) is 12.0 Å². The molecule has 6 rings (SSSR count). The molecule has 0 bridgehead atoms. The van der Waals surface area contributed by atoms with Crippen molar-refractivity contribution in [3.63, 3.8) is 0 Å². The Labute approximate surface area is 198 Å².